The maximum absolute atomic E-state index is 2.56. The van der Waals surface area contributed by atoms with Crippen LogP contribution < -0.4 is 4.90 Å². The molecule has 0 saturated carbocycles. The minimum absolute atomic E-state index is 0.154. The van der Waals surface area contributed by atoms with Gasteiger partial charge in [-0.2, -0.15) is 0 Å². The van der Waals surface area contributed by atoms with Gasteiger partial charge in [-0.15, -0.1) is 0 Å². The second-order valence-electron chi connectivity index (χ2n) is 17.6. The third-order valence-corrected chi connectivity index (χ3v) is 14.3. The quantitative estimate of drug-likeness (QED) is 0.172. The predicted octanol–water partition coefficient (Wildman–Crippen LogP) is 15.8. The van der Waals surface area contributed by atoms with Gasteiger partial charge in [-0.25, -0.2) is 0 Å². The predicted molar refractivity (Wildman–Crippen MR) is 255 cm³/mol. The Morgan fingerprint density at radius 2 is 0.787 bits per heavy atom. The van der Waals surface area contributed by atoms with Crippen LogP contribution in [0.1, 0.15) is 47.2 Å². The number of hydrogen-bond donors (Lipinski definition) is 0. The second-order valence-corrected chi connectivity index (χ2v) is 17.6. The summed E-state index contributed by atoms with van der Waals surface area (Å²) in [6.07, 6.45) is 0. The number of hydrogen-bond acceptors (Lipinski definition) is 1. The molecule has 61 heavy (non-hydrogen) atoms. The molecule has 0 unspecified atom stereocenters. The van der Waals surface area contributed by atoms with Gasteiger partial charge in [0.1, 0.15) is 0 Å². The van der Waals surface area contributed by atoms with Crippen molar-refractivity contribution in [1.82, 2.24) is 0 Å². The Hall–Kier alpha value is -7.48. The molecule has 1 heteroatoms. The van der Waals surface area contributed by atoms with Gasteiger partial charge in [-0.1, -0.05) is 190 Å². The molecule has 3 aliphatic rings. The van der Waals surface area contributed by atoms with Gasteiger partial charge in [0.05, 0.1) is 11.1 Å². The molecular formula is C60H41N. The molecule has 0 bridgehead atoms. The van der Waals surface area contributed by atoms with E-state index in [-0.39, 0.29) is 5.41 Å². The maximum atomic E-state index is 2.56. The van der Waals surface area contributed by atoms with Crippen LogP contribution in [-0.4, -0.2) is 0 Å². The highest BCUT2D eigenvalue weighted by atomic mass is 15.1. The average Bonchev–Trinajstić information content (AvgIpc) is 3.87. The molecule has 0 amide bonds. The van der Waals surface area contributed by atoms with Crippen molar-refractivity contribution in [2.75, 3.05) is 4.90 Å². The van der Waals surface area contributed by atoms with E-state index in [1.54, 1.807) is 0 Å². The summed E-state index contributed by atoms with van der Waals surface area (Å²) < 4.78 is 0. The highest BCUT2D eigenvalue weighted by Crippen LogP contribution is 2.63. The summed E-state index contributed by atoms with van der Waals surface area (Å²) in [5, 5.41) is 4.93. The first kappa shape index (κ1) is 34.4. The smallest absolute Gasteiger partial charge is 0.0726 e. The van der Waals surface area contributed by atoms with Gasteiger partial charge in [0.2, 0.25) is 0 Å². The molecule has 1 nitrogen and oxygen atoms in total. The van der Waals surface area contributed by atoms with Crippen molar-refractivity contribution >= 4 is 38.6 Å². The van der Waals surface area contributed by atoms with E-state index in [0.717, 1.165) is 17.1 Å². The third-order valence-electron chi connectivity index (χ3n) is 14.3. The third kappa shape index (κ3) is 4.61. The molecule has 0 saturated heterocycles. The van der Waals surface area contributed by atoms with Crippen LogP contribution in [0.4, 0.5) is 17.1 Å². The number of nitrogens with zero attached hydrogens (tertiary/aromatic N) is 1. The van der Waals surface area contributed by atoms with E-state index in [2.05, 4.69) is 231 Å². The molecule has 0 aliphatic heterocycles. The fourth-order valence-corrected chi connectivity index (χ4v) is 11.6. The molecule has 0 atom stereocenters. The first-order valence-electron chi connectivity index (χ1n) is 21.5. The number of anilines is 3. The molecular weight excluding hydrogens is 735 g/mol. The lowest BCUT2D eigenvalue weighted by Crippen LogP contribution is -2.26. The minimum Gasteiger partial charge on any atom is -0.310 e. The molecule has 0 radical (unpaired) electrons. The fraction of sp³-hybridized carbons (Fsp3) is 0.0667. The van der Waals surface area contributed by atoms with Crippen molar-refractivity contribution in [1.29, 1.82) is 0 Å². The molecule has 1 spiro atoms. The fourth-order valence-electron chi connectivity index (χ4n) is 11.6. The molecule has 0 aromatic heterocycles. The van der Waals surface area contributed by atoms with Crippen LogP contribution in [0.15, 0.2) is 212 Å². The molecule has 0 heterocycles. The van der Waals surface area contributed by atoms with Crippen molar-refractivity contribution in [3.63, 3.8) is 0 Å². The lowest BCUT2D eigenvalue weighted by Gasteiger charge is -2.33. The molecule has 13 rings (SSSR count). The van der Waals surface area contributed by atoms with Crippen LogP contribution >= 0.6 is 0 Å². The van der Waals surface area contributed by atoms with E-state index >= 15 is 0 Å². The molecule has 3 aliphatic carbocycles. The van der Waals surface area contributed by atoms with Gasteiger partial charge >= 0.3 is 0 Å². The number of rotatable bonds is 4. The lowest BCUT2D eigenvalue weighted by atomic mass is 9.70. The van der Waals surface area contributed by atoms with Crippen LogP contribution in [0, 0.1) is 0 Å². The Morgan fingerprint density at radius 3 is 1.43 bits per heavy atom. The summed E-state index contributed by atoms with van der Waals surface area (Å²) in [5.41, 5.74) is 21.3. The molecule has 10 aromatic carbocycles. The van der Waals surface area contributed by atoms with Crippen LogP contribution in [-0.2, 0) is 10.8 Å². The van der Waals surface area contributed by atoms with Crippen molar-refractivity contribution < 1.29 is 0 Å². The van der Waals surface area contributed by atoms with Crippen LogP contribution in [0.2, 0.25) is 0 Å². The molecule has 10 aromatic rings. The zero-order chi connectivity index (χ0) is 40.5. The van der Waals surface area contributed by atoms with E-state index in [0.29, 0.717) is 0 Å². The van der Waals surface area contributed by atoms with E-state index < -0.39 is 5.41 Å². The molecule has 0 fully saturated rings. The Labute approximate surface area is 356 Å². The lowest BCUT2D eigenvalue weighted by molar-refractivity contribution is 0.660. The monoisotopic (exact) mass is 775 g/mol. The first-order chi connectivity index (χ1) is 30.0. The summed E-state index contributed by atoms with van der Waals surface area (Å²) in [7, 11) is 0. The van der Waals surface area contributed by atoms with Crippen molar-refractivity contribution in [2.24, 2.45) is 0 Å². The van der Waals surface area contributed by atoms with E-state index in [1.165, 1.54) is 99.4 Å². The summed E-state index contributed by atoms with van der Waals surface area (Å²) in [6.45, 7) is 4.77. The van der Waals surface area contributed by atoms with Crippen molar-refractivity contribution in [3.8, 4) is 44.5 Å². The zero-order valence-electron chi connectivity index (χ0n) is 34.2. The van der Waals surface area contributed by atoms with Gasteiger partial charge in [0, 0.05) is 22.4 Å². The van der Waals surface area contributed by atoms with E-state index in [4.69, 9.17) is 0 Å². The van der Waals surface area contributed by atoms with Crippen LogP contribution in [0.3, 0.4) is 0 Å². The van der Waals surface area contributed by atoms with Gasteiger partial charge in [-0.3, -0.25) is 0 Å². The topological polar surface area (TPSA) is 3.24 Å². The summed E-state index contributed by atoms with van der Waals surface area (Å²) >= 11 is 0. The SMILES string of the molecule is CC1(C)c2ccccc2-c2ccc(N(c3ccc4c(c3)C3(c5ccccc5-c5ccccc53)c3ccccc3-4)c3ccc4ccccc4c3-c3ccc4ccccc4c3)cc21. The Kier molecular flexibility index (Phi) is 7.06. The van der Waals surface area contributed by atoms with Crippen LogP contribution in [0.5, 0.6) is 0 Å². The van der Waals surface area contributed by atoms with Gasteiger partial charge in [-0.05, 0) is 130 Å². The van der Waals surface area contributed by atoms with Crippen LogP contribution in [0.25, 0.3) is 66.1 Å². The largest absolute Gasteiger partial charge is 0.310 e. The van der Waals surface area contributed by atoms with E-state index in [9.17, 15) is 0 Å². The van der Waals surface area contributed by atoms with Crippen molar-refractivity contribution in [3.05, 3.63) is 246 Å². The average molecular weight is 776 g/mol. The number of benzene rings is 10. The normalized spacial score (nSPS) is 14.3. The second kappa shape index (κ2) is 12.5. The zero-order valence-corrected chi connectivity index (χ0v) is 34.2. The molecule has 0 N–H and O–H groups in total. The summed E-state index contributed by atoms with van der Waals surface area (Å²) in [4.78, 5) is 2.56. The summed E-state index contributed by atoms with van der Waals surface area (Å²) in [6, 6.07) is 80.0. The Bertz CT molecular complexity index is 3410. The van der Waals surface area contributed by atoms with E-state index in [1.807, 2.05) is 0 Å². The highest BCUT2D eigenvalue weighted by molar-refractivity contribution is 6.07. The van der Waals surface area contributed by atoms with Gasteiger partial charge in [0.15, 0.2) is 0 Å². The standard InChI is InChI=1S/C60H41N/c1-59(2)51-23-11-7-19-45(51)49-32-30-42(36-55(49)59)61(57-34-29-39-16-5-6-18-44(39)58(57)41-28-27-38-15-3-4-17-40(38)35-41)43-31-33-50-48-22-10-14-26-54(48)60(56(50)37-43)52-24-12-8-20-46(52)47-21-9-13-25-53(47)60/h3-37H,1-2H3. The summed E-state index contributed by atoms with van der Waals surface area (Å²) in [5.74, 6) is 0. The van der Waals surface area contributed by atoms with Crippen molar-refractivity contribution in [2.45, 2.75) is 24.7 Å². The highest BCUT2D eigenvalue weighted by Gasteiger charge is 2.51. The number of fused-ring (bicyclic) bond motifs is 15. The van der Waals surface area contributed by atoms with Gasteiger partial charge in [0.25, 0.3) is 0 Å². The molecule has 286 valence electrons. The first-order valence-corrected chi connectivity index (χ1v) is 21.5. The van der Waals surface area contributed by atoms with Gasteiger partial charge < -0.3 is 4.90 Å². The Morgan fingerprint density at radius 1 is 0.328 bits per heavy atom. The minimum atomic E-state index is -0.451. The Balaban J connectivity index is 1.12. The maximum Gasteiger partial charge on any atom is 0.0726 e.